The van der Waals surface area contributed by atoms with Crippen molar-refractivity contribution in [1.82, 2.24) is 14.9 Å². The second kappa shape index (κ2) is 8.24. The average Bonchev–Trinajstić information content (AvgIpc) is 2.57. The molecule has 0 unspecified atom stereocenters. The van der Waals surface area contributed by atoms with Crippen molar-refractivity contribution < 1.29 is 4.79 Å². The molecule has 0 atom stereocenters. The van der Waals surface area contributed by atoms with E-state index in [-0.39, 0.29) is 5.91 Å². The molecule has 2 rings (SSSR count). The predicted molar refractivity (Wildman–Crippen MR) is 92.9 cm³/mol. The van der Waals surface area contributed by atoms with E-state index in [0.717, 1.165) is 18.8 Å². The Morgan fingerprint density at radius 2 is 1.87 bits per heavy atom. The summed E-state index contributed by atoms with van der Waals surface area (Å²) in [5.74, 6) is 0.525. The molecule has 6 heteroatoms. The molecule has 0 spiro atoms. The van der Waals surface area contributed by atoms with Crippen LogP contribution < -0.4 is 10.2 Å². The van der Waals surface area contributed by atoms with Crippen molar-refractivity contribution in [2.24, 2.45) is 0 Å². The number of aromatic nitrogens is 2. The topological polar surface area (TPSA) is 61.4 Å². The first-order valence-corrected chi connectivity index (χ1v) is 7.69. The van der Waals surface area contributed by atoms with Crippen molar-refractivity contribution in [2.45, 2.75) is 6.92 Å². The van der Waals surface area contributed by atoms with Crippen LogP contribution in [0, 0.1) is 0 Å². The summed E-state index contributed by atoms with van der Waals surface area (Å²) in [4.78, 5) is 24.9. The number of nitrogens with zero attached hydrogens (tertiary/aromatic N) is 4. The van der Waals surface area contributed by atoms with Gasteiger partial charge >= 0.3 is 0 Å². The summed E-state index contributed by atoms with van der Waals surface area (Å²) < 4.78 is 0. The van der Waals surface area contributed by atoms with Crippen LogP contribution in [-0.2, 0) is 0 Å². The highest BCUT2D eigenvalue weighted by atomic mass is 16.2. The molecule has 1 N–H and O–H groups in total. The van der Waals surface area contributed by atoms with Crippen LogP contribution in [-0.4, -0.2) is 54.5 Å². The summed E-state index contributed by atoms with van der Waals surface area (Å²) in [5.41, 5.74) is 1.20. The van der Waals surface area contributed by atoms with Crippen LogP contribution in [0.1, 0.15) is 17.4 Å². The minimum absolute atomic E-state index is 0.147. The van der Waals surface area contributed by atoms with E-state index in [1.165, 1.54) is 6.20 Å². The lowest BCUT2D eigenvalue weighted by Crippen LogP contribution is -2.31. The summed E-state index contributed by atoms with van der Waals surface area (Å²) in [6, 6.07) is 9.57. The number of carbonyl (C=O) groups is 1. The van der Waals surface area contributed by atoms with Crippen LogP contribution in [0.5, 0.6) is 0 Å². The molecular weight excluding hydrogens is 290 g/mol. The fourth-order valence-corrected chi connectivity index (χ4v) is 2.13. The molecule has 0 fully saturated rings. The molecule has 0 saturated carbocycles. The molecule has 6 nitrogen and oxygen atoms in total. The molecule has 1 heterocycles. The number of nitrogens with one attached hydrogen (secondary N) is 1. The van der Waals surface area contributed by atoms with Gasteiger partial charge in [0.25, 0.3) is 5.91 Å². The highest BCUT2D eigenvalue weighted by molar-refractivity contribution is 6.04. The minimum Gasteiger partial charge on any atom is -0.368 e. The summed E-state index contributed by atoms with van der Waals surface area (Å²) in [6.45, 7) is 4.20. The lowest BCUT2D eigenvalue weighted by molar-refractivity contribution is 0.0983. The maximum absolute atomic E-state index is 12.6. The van der Waals surface area contributed by atoms with Crippen molar-refractivity contribution in [2.75, 3.05) is 43.9 Å². The van der Waals surface area contributed by atoms with Crippen LogP contribution in [0.4, 0.5) is 11.5 Å². The molecule has 2 aromatic rings. The molecule has 0 aliphatic carbocycles. The zero-order valence-corrected chi connectivity index (χ0v) is 13.9. The van der Waals surface area contributed by atoms with E-state index in [1.807, 2.05) is 51.4 Å². The van der Waals surface area contributed by atoms with Gasteiger partial charge in [0.1, 0.15) is 11.5 Å². The predicted octanol–water partition coefficient (Wildman–Crippen LogP) is 2.12. The van der Waals surface area contributed by atoms with E-state index in [0.29, 0.717) is 18.1 Å². The van der Waals surface area contributed by atoms with Gasteiger partial charge in [0, 0.05) is 25.3 Å². The van der Waals surface area contributed by atoms with Gasteiger partial charge in [-0.25, -0.2) is 9.97 Å². The maximum Gasteiger partial charge on any atom is 0.278 e. The third-order valence-corrected chi connectivity index (χ3v) is 3.37. The summed E-state index contributed by atoms with van der Waals surface area (Å²) >= 11 is 0. The van der Waals surface area contributed by atoms with Gasteiger partial charge in [-0.3, -0.25) is 4.79 Å². The van der Waals surface area contributed by atoms with Crippen molar-refractivity contribution >= 4 is 17.4 Å². The monoisotopic (exact) mass is 313 g/mol. The van der Waals surface area contributed by atoms with Gasteiger partial charge in [-0.2, -0.15) is 0 Å². The van der Waals surface area contributed by atoms with Gasteiger partial charge in [-0.1, -0.05) is 18.2 Å². The number of hydrogen-bond acceptors (Lipinski definition) is 5. The molecule has 23 heavy (non-hydrogen) atoms. The number of rotatable bonds is 7. The van der Waals surface area contributed by atoms with Gasteiger partial charge in [0.15, 0.2) is 0 Å². The lowest BCUT2D eigenvalue weighted by atomic mass is 10.2. The van der Waals surface area contributed by atoms with Crippen molar-refractivity contribution in [1.29, 1.82) is 0 Å². The molecule has 122 valence electrons. The van der Waals surface area contributed by atoms with Gasteiger partial charge in [-0.05, 0) is 33.2 Å². The van der Waals surface area contributed by atoms with E-state index in [4.69, 9.17) is 0 Å². The molecule has 0 aliphatic heterocycles. The van der Waals surface area contributed by atoms with Crippen molar-refractivity contribution in [3.63, 3.8) is 0 Å². The fraction of sp³-hybridized carbons (Fsp3) is 0.353. The second-order valence-electron chi connectivity index (χ2n) is 5.40. The Morgan fingerprint density at radius 3 is 2.43 bits per heavy atom. The average molecular weight is 313 g/mol. The smallest absolute Gasteiger partial charge is 0.278 e. The number of likely N-dealkylation sites (N-methyl/N-ethyl adjacent to an activating group) is 1. The number of benzene rings is 1. The number of anilines is 2. The fourth-order valence-electron chi connectivity index (χ4n) is 2.13. The van der Waals surface area contributed by atoms with Gasteiger partial charge in [0.2, 0.25) is 0 Å². The van der Waals surface area contributed by atoms with Gasteiger partial charge < -0.3 is 15.1 Å². The van der Waals surface area contributed by atoms with Gasteiger partial charge in [-0.15, -0.1) is 0 Å². The second-order valence-corrected chi connectivity index (χ2v) is 5.40. The summed E-state index contributed by atoms with van der Waals surface area (Å²) in [5, 5.41) is 3.18. The molecular formula is C17H23N5O. The SMILES string of the molecule is CCN(C(=O)c1cnc(NCCN(C)C)cn1)c1ccccc1. The summed E-state index contributed by atoms with van der Waals surface area (Å²) in [6.07, 6.45) is 3.12. The Morgan fingerprint density at radius 1 is 1.13 bits per heavy atom. The van der Waals surface area contributed by atoms with E-state index in [1.54, 1.807) is 11.1 Å². The minimum atomic E-state index is -0.147. The van der Waals surface area contributed by atoms with Crippen LogP contribution in [0.3, 0.4) is 0 Å². The zero-order chi connectivity index (χ0) is 16.7. The lowest BCUT2D eigenvalue weighted by Gasteiger charge is -2.20. The van der Waals surface area contributed by atoms with Gasteiger partial charge in [0.05, 0.1) is 12.4 Å². The van der Waals surface area contributed by atoms with Crippen molar-refractivity contribution in [3.05, 3.63) is 48.4 Å². The largest absolute Gasteiger partial charge is 0.368 e. The first-order chi connectivity index (χ1) is 11.1. The van der Waals surface area contributed by atoms with Crippen LogP contribution in [0.15, 0.2) is 42.7 Å². The Balaban J connectivity index is 2.04. The van der Waals surface area contributed by atoms with Crippen molar-refractivity contribution in [3.8, 4) is 0 Å². The third kappa shape index (κ3) is 4.75. The number of amides is 1. The quantitative estimate of drug-likeness (QED) is 0.848. The van der Waals surface area contributed by atoms with Crippen LogP contribution >= 0.6 is 0 Å². The molecule has 1 aromatic heterocycles. The molecule has 0 aliphatic rings. The Hall–Kier alpha value is -2.47. The molecule has 0 saturated heterocycles. The molecule has 0 radical (unpaired) electrons. The van der Waals surface area contributed by atoms with Crippen LogP contribution in [0.2, 0.25) is 0 Å². The Kier molecular flexibility index (Phi) is 6.05. The summed E-state index contributed by atoms with van der Waals surface area (Å²) in [7, 11) is 4.02. The van der Waals surface area contributed by atoms with E-state index >= 15 is 0 Å². The Labute approximate surface area is 137 Å². The van der Waals surface area contributed by atoms with E-state index in [2.05, 4.69) is 20.2 Å². The standard InChI is InChI=1S/C17H23N5O/c1-4-22(14-8-6-5-7-9-14)17(23)15-12-20-16(13-19-15)18-10-11-21(2)3/h5-9,12-13H,4,10-11H2,1-3H3,(H,18,20). The molecule has 0 bridgehead atoms. The highest BCUT2D eigenvalue weighted by Gasteiger charge is 2.17. The maximum atomic E-state index is 12.6. The molecule has 1 amide bonds. The highest BCUT2D eigenvalue weighted by Crippen LogP contribution is 2.15. The third-order valence-electron chi connectivity index (χ3n) is 3.37. The zero-order valence-electron chi connectivity index (χ0n) is 13.9. The number of para-hydroxylation sites is 1. The Bertz CT molecular complexity index is 613. The first-order valence-electron chi connectivity index (χ1n) is 7.69. The van der Waals surface area contributed by atoms with Crippen LogP contribution in [0.25, 0.3) is 0 Å². The molecule has 1 aromatic carbocycles. The normalized spacial score (nSPS) is 10.6. The number of hydrogen-bond donors (Lipinski definition) is 1. The van der Waals surface area contributed by atoms with E-state index in [9.17, 15) is 4.79 Å². The number of carbonyl (C=O) groups excluding carboxylic acids is 1. The first kappa shape index (κ1) is 16.9. The van der Waals surface area contributed by atoms with E-state index < -0.39 is 0 Å².